The molecule has 0 radical (unpaired) electrons. The van der Waals surface area contributed by atoms with Crippen molar-refractivity contribution in [1.29, 1.82) is 0 Å². The first-order valence-electron chi connectivity index (χ1n) is 13.3. The van der Waals surface area contributed by atoms with Crippen LogP contribution in [0.15, 0.2) is 42.5 Å². The zero-order valence-corrected chi connectivity index (χ0v) is 22.6. The lowest BCUT2D eigenvalue weighted by atomic mass is 9.98. The number of phenols is 4. The maximum absolute atomic E-state index is 12.6. The minimum absolute atomic E-state index is 0.0621. The molecule has 9 N–H and O–H groups in total. The van der Waals surface area contributed by atoms with Gasteiger partial charge in [-0.25, -0.2) is 4.79 Å². The second kappa shape index (κ2) is 14.3. The Labute approximate surface area is 245 Å². The van der Waals surface area contributed by atoms with Crippen molar-refractivity contribution in [1.82, 2.24) is 0 Å². The molecule has 2 saturated heterocycles. The van der Waals surface area contributed by atoms with Crippen LogP contribution in [0.2, 0.25) is 0 Å². The molecule has 2 aromatic rings. The minimum atomic E-state index is -1.75. The van der Waals surface area contributed by atoms with Crippen LogP contribution in [0, 0.1) is 0 Å². The molecule has 2 aromatic carbocycles. The molecule has 2 aliphatic rings. The van der Waals surface area contributed by atoms with E-state index in [9.17, 15) is 50.8 Å². The van der Waals surface area contributed by atoms with E-state index < -0.39 is 73.6 Å². The highest BCUT2D eigenvalue weighted by atomic mass is 16.7. The van der Waals surface area contributed by atoms with E-state index in [1.165, 1.54) is 36.4 Å². The van der Waals surface area contributed by atoms with Crippen molar-refractivity contribution in [3.8, 4) is 23.0 Å². The predicted octanol–water partition coefficient (Wildman–Crippen LogP) is -1.40. The van der Waals surface area contributed by atoms with Gasteiger partial charge in [-0.2, -0.15) is 0 Å². The highest BCUT2D eigenvalue weighted by Crippen LogP contribution is 2.29. The fourth-order valence-corrected chi connectivity index (χ4v) is 4.44. The Hall–Kier alpha value is -3.51. The van der Waals surface area contributed by atoms with Crippen LogP contribution in [0.3, 0.4) is 0 Å². The van der Waals surface area contributed by atoms with Crippen LogP contribution in [-0.4, -0.2) is 127 Å². The third-order valence-electron chi connectivity index (χ3n) is 6.90. The summed E-state index contributed by atoms with van der Waals surface area (Å²) in [5, 5.41) is 89.6. The molecule has 2 aliphatic heterocycles. The van der Waals surface area contributed by atoms with Gasteiger partial charge < -0.3 is 69.6 Å². The van der Waals surface area contributed by atoms with Gasteiger partial charge in [0, 0.05) is 6.08 Å². The van der Waals surface area contributed by atoms with Gasteiger partial charge in [-0.05, 0) is 47.9 Å². The highest BCUT2D eigenvalue weighted by Gasteiger charge is 2.48. The maximum Gasteiger partial charge on any atom is 0.331 e. The third-order valence-corrected chi connectivity index (χ3v) is 6.90. The number of hydrogen-bond acceptors (Lipinski definition) is 15. The first kappa shape index (κ1) is 32.4. The number of benzene rings is 2. The number of aliphatic hydroxyl groups excluding tert-OH is 5. The van der Waals surface area contributed by atoms with Gasteiger partial charge in [0.1, 0.15) is 36.6 Å². The quantitative estimate of drug-likeness (QED) is 0.0853. The average Bonchev–Trinajstić information content (AvgIpc) is 2.98. The summed E-state index contributed by atoms with van der Waals surface area (Å²) >= 11 is 0. The summed E-state index contributed by atoms with van der Waals surface area (Å²) in [7, 11) is 0. The van der Waals surface area contributed by atoms with E-state index in [0.717, 1.165) is 6.08 Å². The number of hydrogen-bond donors (Lipinski definition) is 9. The van der Waals surface area contributed by atoms with Crippen LogP contribution >= 0.6 is 0 Å². The van der Waals surface area contributed by atoms with Crippen LogP contribution in [0.25, 0.3) is 6.08 Å². The summed E-state index contributed by atoms with van der Waals surface area (Å²) in [6.07, 6.45) is -11.2. The molecule has 0 unspecified atom stereocenters. The molecule has 0 saturated carbocycles. The van der Waals surface area contributed by atoms with Crippen molar-refractivity contribution >= 4 is 12.0 Å². The normalized spacial score (nSPS) is 31.2. The number of carbonyl (C=O) groups is 1. The molecule has 0 aromatic heterocycles. The standard InChI is InChI=1S/C28H34O15/c29-15-4-1-13(9-17(15)31)3-6-21(34)43-26-20(12-41-27-24(37)22(35)19(33)11-40-27)42-28(25(38)23(26)36)39-8-7-14-2-5-16(30)18(32)10-14/h1-6,9-10,19-20,22-33,35-38H,7-8,11-12H2/t19-,20-,22+,23-,24-,25-,26-,27+,28-/m1/s1. The smallest absolute Gasteiger partial charge is 0.331 e. The summed E-state index contributed by atoms with van der Waals surface area (Å²) in [6.45, 7) is -0.898. The SMILES string of the molecule is O=C(C=Cc1ccc(O)c(O)c1)O[C@H]1[C@H](O)[C@@H](O)[C@H](OCCc2ccc(O)c(O)c2)O[C@@H]1CO[C@@H]1OC[C@@H](O)[C@H](O)[C@H]1O. The van der Waals surface area contributed by atoms with Gasteiger partial charge in [0.25, 0.3) is 0 Å². The molecule has 4 rings (SSSR count). The lowest BCUT2D eigenvalue weighted by molar-refractivity contribution is -0.321. The first-order chi connectivity index (χ1) is 20.4. The second-order valence-electron chi connectivity index (χ2n) is 10.0. The molecular weight excluding hydrogens is 576 g/mol. The van der Waals surface area contributed by atoms with E-state index in [1.807, 2.05) is 0 Å². The predicted molar refractivity (Wildman–Crippen MR) is 143 cm³/mol. The molecule has 0 aliphatic carbocycles. The Bertz CT molecular complexity index is 1270. The maximum atomic E-state index is 12.6. The second-order valence-corrected chi connectivity index (χ2v) is 10.0. The molecule has 2 fully saturated rings. The number of esters is 1. The van der Waals surface area contributed by atoms with Crippen molar-refractivity contribution < 1.29 is 74.4 Å². The van der Waals surface area contributed by atoms with Gasteiger partial charge in [0.15, 0.2) is 41.7 Å². The Kier molecular flexibility index (Phi) is 10.8. The van der Waals surface area contributed by atoms with Crippen LogP contribution < -0.4 is 0 Å². The Morgan fingerprint density at radius 1 is 0.814 bits per heavy atom. The summed E-state index contributed by atoms with van der Waals surface area (Å²) < 4.78 is 27.5. The zero-order chi connectivity index (χ0) is 31.3. The van der Waals surface area contributed by atoms with Crippen LogP contribution in [0.1, 0.15) is 11.1 Å². The van der Waals surface area contributed by atoms with Crippen molar-refractivity contribution in [2.45, 2.75) is 61.7 Å². The van der Waals surface area contributed by atoms with E-state index >= 15 is 0 Å². The lowest BCUT2D eigenvalue weighted by Crippen LogP contribution is -2.61. The molecule has 9 atom stereocenters. The van der Waals surface area contributed by atoms with Crippen molar-refractivity contribution in [3.05, 3.63) is 53.6 Å². The molecule has 236 valence electrons. The number of phenolic OH excluding ortho intramolecular Hbond substituents is 4. The van der Waals surface area contributed by atoms with Gasteiger partial charge in [-0.3, -0.25) is 0 Å². The van der Waals surface area contributed by atoms with E-state index in [0.29, 0.717) is 11.1 Å². The molecule has 43 heavy (non-hydrogen) atoms. The fourth-order valence-electron chi connectivity index (χ4n) is 4.44. The number of ether oxygens (including phenoxy) is 5. The summed E-state index contributed by atoms with van der Waals surface area (Å²) in [6, 6.07) is 7.99. The number of aliphatic hydroxyl groups is 5. The molecule has 0 spiro atoms. The van der Waals surface area contributed by atoms with E-state index in [1.54, 1.807) is 6.07 Å². The van der Waals surface area contributed by atoms with E-state index in [2.05, 4.69) is 0 Å². The van der Waals surface area contributed by atoms with E-state index in [-0.39, 0.29) is 36.9 Å². The topological polar surface area (TPSA) is 245 Å². The Morgan fingerprint density at radius 3 is 2.19 bits per heavy atom. The molecule has 15 heteroatoms. The highest BCUT2D eigenvalue weighted by molar-refractivity contribution is 5.87. The van der Waals surface area contributed by atoms with Gasteiger partial charge in [0.05, 0.1) is 19.8 Å². The molecular formula is C28H34O15. The average molecular weight is 611 g/mol. The Balaban J connectivity index is 1.44. The van der Waals surface area contributed by atoms with Crippen LogP contribution in [0.4, 0.5) is 0 Å². The van der Waals surface area contributed by atoms with Gasteiger partial charge >= 0.3 is 5.97 Å². The molecule has 15 nitrogen and oxygen atoms in total. The van der Waals surface area contributed by atoms with Crippen molar-refractivity contribution in [2.75, 3.05) is 19.8 Å². The summed E-state index contributed by atoms with van der Waals surface area (Å²) in [5.74, 6) is -2.37. The molecule has 2 heterocycles. The van der Waals surface area contributed by atoms with Gasteiger partial charge in [-0.15, -0.1) is 0 Å². The fraction of sp³-hybridized carbons (Fsp3) is 0.464. The zero-order valence-electron chi connectivity index (χ0n) is 22.6. The number of aromatic hydroxyl groups is 4. The lowest BCUT2D eigenvalue weighted by Gasteiger charge is -2.42. The van der Waals surface area contributed by atoms with Crippen molar-refractivity contribution in [2.24, 2.45) is 0 Å². The van der Waals surface area contributed by atoms with Gasteiger partial charge in [0.2, 0.25) is 0 Å². The molecule has 0 amide bonds. The number of rotatable bonds is 10. The van der Waals surface area contributed by atoms with Crippen LogP contribution in [0.5, 0.6) is 23.0 Å². The van der Waals surface area contributed by atoms with Crippen molar-refractivity contribution in [3.63, 3.8) is 0 Å². The minimum Gasteiger partial charge on any atom is -0.504 e. The van der Waals surface area contributed by atoms with Gasteiger partial charge in [-0.1, -0.05) is 12.1 Å². The van der Waals surface area contributed by atoms with Crippen LogP contribution in [-0.2, 0) is 34.9 Å². The third kappa shape index (κ3) is 8.11. The monoisotopic (exact) mass is 610 g/mol. The van der Waals surface area contributed by atoms with E-state index in [4.69, 9.17) is 23.7 Å². The summed E-state index contributed by atoms with van der Waals surface area (Å²) in [5.41, 5.74) is 0.929. The Morgan fingerprint density at radius 2 is 1.49 bits per heavy atom. The first-order valence-corrected chi connectivity index (χ1v) is 13.3. The largest absolute Gasteiger partial charge is 0.504 e. The molecule has 0 bridgehead atoms. The number of carbonyl (C=O) groups excluding carboxylic acids is 1. The summed E-state index contributed by atoms with van der Waals surface area (Å²) in [4.78, 5) is 12.6.